The monoisotopic (exact) mass is 380 g/mol. The lowest BCUT2D eigenvalue weighted by atomic mass is 10.0. The van der Waals surface area contributed by atoms with Crippen LogP contribution in [0.4, 0.5) is 0 Å². The van der Waals surface area contributed by atoms with Gasteiger partial charge in [-0.2, -0.15) is 0 Å². The number of hydrogen-bond donors (Lipinski definition) is 0. The third-order valence-corrected chi connectivity index (χ3v) is 5.65. The van der Waals surface area contributed by atoms with Crippen molar-refractivity contribution in [2.45, 2.75) is 19.8 Å². The summed E-state index contributed by atoms with van der Waals surface area (Å²) in [6.45, 7) is 9.30. The summed E-state index contributed by atoms with van der Waals surface area (Å²) in [6.07, 6.45) is 3.92. The second-order valence-corrected chi connectivity index (χ2v) is 7.14. The van der Waals surface area contributed by atoms with Gasteiger partial charge in [-0.05, 0) is 49.1 Å². The zero-order valence-electron chi connectivity index (χ0n) is 15.1. The SMILES string of the molecule is C=CC(=O)OCCCc1ccc2c(sc3cc(OC(=O)C=C)ccc32)c1C. The molecule has 5 heteroatoms. The first kappa shape index (κ1) is 18.9. The van der Waals surface area contributed by atoms with Crippen molar-refractivity contribution >= 4 is 43.4 Å². The molecule has 0 unspecified atom stereocenters. The Hall–Kier alpha value is -2.92. The Morgan fingerprint density at radius 3 is 2.56 bits per heavy atom. The fourth-order valence-corrected chi connectivity index (χ4v) is 4.24. The van der Waals surface area contributed by atoms with E-state index in [1.165, 1.54) is 27.3 Å². The Labute approximate surface area is 161 Å². The maximum absolute atomic E-state index is 11.4. The van der Waals surface area contributed by atoms with Gasteiger partial charge < -0.3 is 9.47 Å². The molecule has 138 valence electrons. The average Bonchev–Trinajstić information content (AvgIpc) is 3.05. The fourth-order valence-electron chi connectivity index (χ4n) is 2.98. The number of carbonyl (C=O) groups is 2. The van der Waals surface area contributed by atoms with Crippen LogP contribution < -0.4 is 4.74 Å². The molecule has 3 rings (SSSR count). The Morgan fingerprint density at radius 1 is 1.07 bits per heavy atom. The van der Waals surface area contributed by atoms with Crippen molar-refractivity contribution in [2.75, 3.05) is 6.61 Å². The molecule has 0 aliphatic rings. The van der Waals surface area contributed by atoms with Gasteiger partial charge in [-0.25, -0.2) is 9.59 Å². The van der Waals surface area contributed by atoms with Gasteiger partial charge in [0.2, 0.25) is 0 Å². The van der Waals surface area contributed by atoms with Crippen molar-refractivity contribution < 1.29 is 19.1 Å². The van der Waals surface area contributed by atoms with E-state index >= 15 is 0 Å². The van der Waals surface area contributed by atoms with Crippen molar-refractivity contribution in [2.24, 2.45) is 0 Å². The lowest BCUT2D eigenvalue weighted by molar-refractivity contribution is -0.137. The van der Waals surface area contributed by atoms with Crippen molar-refractivity contribution in [3.05, 3.63) is 66.8 Å². The predicted octanol–water partition coefficient (Wildman–Crippen LogP) is 5.12. The van der Waals surface area contributed by atoms with Gasteiger partial charge in [0.15, 0.2) is 0 Å². The minimum atomic E-state index is -0.467. The van der Waals surface area contributed by atoms with Gasteiger partial charge in [0.1, 0.15) is 5.75 Å². The van der Waals surface area contributed by atoms with Crippen LogP contribution in [0.3, 0.4) is 0 Å². The molecule has 0 aliphatic carbocycles. The van der Waals surface area contributed by atoms with E-state index in [2.05, 4.69) is 32.2 Å². The number of ether oxygens (including phenoxy) is 2. The van der Waals surface area contributed by atoms with E-state index < -0.39 is 5.97 Å². The number of carbonyl (C=O) groups excluding carboxylic acids is 2. The molecule has 0 spiro atoms. The number of hydrogen-bond acceptors (Lipinski definition) is 5. The first-order chi connectivity index (χ1) is 13.0. The Morgan fingerprint density at radius 2 is 1.81 bits per heavy atom. The topological polar surface area (TPSA) is 52.6 Å². The molecule has 3 aromatic rings. The van der Waals surface area contributed by atoms with E-state index in [9.17, 15) is 9.59 Å². The van der Waals surface area contributed by atoms with Crippen LogP contribution in [0.2, 0.25) is 0 Å². The molecule has 0 radical (unpaired) electrons. The summed E-state index contributed by atoms with van der Waals surface area (Å²) in [6, 6.07) is 9.92. The second kappa shape index (κ2) is 8.18. The maximum Gasteiger partial charge on any atom is 0.335 e. The van der Waals surface area contributed by atoms with Gasteiger partial charge in [0, 0.05) is 32.3 Å². The third-order valence-electron chi connectivity index (χ3n) is 4.36. The summed E-state index contributed by atoms with van der Waals surface area (Å²) in [7, 11) is 0. The first-order valence-electron chi connectivity index (χ1n) is 8.61. The van der Waals surface area contributed by atoms with Crippen LogP contribution in [0, 0.1) is 6.92 Å². The summed E-state index contributed by atoms with van der Waals surface area (Å²) < 4.78 is 12.5. The molecule has 4 nitrogen and oxygen atoms in total. The summed E-state index contributed by atoms with van der Waals surface area (Å²) >= 11 is 1.68. The molecule has 0 atom stereocenters. The lowest BCUT2D eigenvalue weighted by Gasteiger charge is -2.07. The van der Waals surface area contributed by atoms with E-state index in [1.807, 2.05) is 12.1 Å². The maximum atomic E-state index is 11.4. The number of benzene rings is 2. The molecule has 0 amide bonds. The molecule has 0 bridgehead atoms. The highest BCUT2D eigenvalue weighted by Gasteiger charge is 2.12. The lowest BCUT2D eigenvalue weighted by Crippen LogP contribution is -2.03. The quantitative estimate of drug-likeness (QED) is 0.247. The molecule has 27 heavy (non-hydrogen) atoms. The Bertz CT molecular complexity index is 1050. The minimum absolute atomic E-state index is 0.382. The molecule has 0 aliphatic heterocycles. The summed E-state index contributed by atoms with van der Waals surface area (Å²) in [5.41, 5.74) is 2.47. The molecular weight excluding hydrogens is 360 g/mol. The van der Waals surface area contributed by atoms with Crippen LogP contribution in [0.5, 0.6) is 5.75 Å². The first-order valence-corrected chi connectivity index (χ1v) is 9.43. The van der Waals surface area contributed by atoms with Crippen molar-refractivity contribution in [3.8, 4) is 5.75 Å². The number of esters is 2. The normalized spacial score (nSPS) is 10.7. The summed E-state index contributed by atoms with van der Waals surface area (Å²) in [4.78, 5) is 22.5. The Balaban J connectivity index is 1.85. The predicted molar refractivity (Wildman–Crippen MR) is 109 cm³/mol. The van der Waals surface area contributed by atoms with Crippen molar-refractivity contribution in [1.29, 1.82) is 0 Å². The number of thiophene rings is 1. The molecule has 0 N–H and O–H groups in total. The molecule has 0 saturated heterocycles. The summed E-state index contributed by atoms with van der Waals surface area (Å²) in [5, 5.41) is 2.33. The van der Waals surface area contributed by atoms with Crippen molar-refractivity contribution in [3.63, 3.8) is 0 Å². The van der Waals surface area contributed by atoms with Crippen LogP contribution in [-0.4, -0.2) is 18.5 Å². The highest BCUT2D eigenvalue weighted by atomic mass is 32.1. The van der Waals surface area contributed by atoms with E-state index in [4.69, 9.17) is 9.47 Å². The number of rotatable bonds is 7. The average molecular weight is 380 g/mol. The van der Waals surface area contributed by atoms with E-state index in [0.29, 0.717) is 12.4 Å². The van der Waals surface area contributed by atoms with Crippen LogP contribution in [0.1, 0.15) is 17.5 Å². The third kappa shape index (κ3) is 4.09. The van der Waals surface area contributed by atoms with Crippen LogP contribution in [0.25, 0.3) is 20.2 Å². The zero-order chi connectivity index (χ0) is 19.4. The van der Waals surface area contributed by atoms with Gasteiger partial charge in [0.05, 0.1) is 6.61 Å². The molecule has 0 fully saturated rings. The highest BCUT2D eigenvalue weighted by molar-refractivity contribution is 7.26. The van der Waals surface area contributed by atoms with Gasteiger partial charge in [-0.15, -0.1) is 11.3 Å². The van der Waals surface area contributed by atoms with Crippen LogP contribution >= 0.6 is 11.3 Å². The highest BCUT2D eigenvalue weighted by Crippen LogP contribution is 2.38. The van der Waals surface area contributed by atoms with Gasteiger partial charge in [-0.1, -0.05) is 25.3 Å². The number of aryl methyl sites for hydroxylation is 2. The van der Waals surface area contributed by atoms with E-state index in [-0.39, 0.29) is 5.97 Å². The molecule has 2 aromatic carbocycles. The summed E-state index contributed by atoms with van der Waals surface area (Å²) in [5.74, 6) is -0.341. The van der Waals surface area contributed by atoms with Crippen LogP contribution in [-0.2, 0) is 20.7 Å². The largest absolute Gasteiger partial charge is 0.463 e. The Kier molecular flexibility index (Phi) is 5.72. The zero-order valence-corrected chi connectivity index (χ0v) is 15.9. The molecular formula is C22H20O4S. The number of fused-ring (bicyclic) bond motifs is 3. The molecule has 1 heterocycles. The fraction of sp³-hybridized carbons (Fsp3) is 0.182. The van der Waals surface area contributed by atoms with Gasteiger partial charge in [-0.3, -0.25) is 0 Å². The molecule has 1 aromatic heterocycles. The minimum Gasteiger partial charge on any atom is -0.463 e. The van der Waals surface area contributed by atoms with Gasteiger partial charge in [0.25, 0.3) is 0 Å². The molecule has 0 saturated carbocycles. The second-order valence-electron chi connectivity index (χ2n) is 6.09. The van der Waals surface area contributed by atoms with E-state index in [1.54, 1.807) is 17.4 Å². The van der Waals surface area contributed by atoms with Crippen LogP contribution in [0.15, 0.2) is 55.6 Å². The van der Waals surface area contributed by atoms with Crippen molar-refractivity contribution in [1.82, 2.24) is 0 Å². The standard InChI is InChI=1S/C22H20O4S/c1-4-20(23)25-12-6-7-15-8-10-18-17-11-9-16(26-21(24)5-2)13-19(17)27-22(18)14(15)3/h4-5,8-11,13H,1-2,6-7,12H2,3H3. The van der Waals surface area contributed by atoms with Gasteiger partial charge >= 0.3 is 11.9 Å². The van der Waals surface area contributed by atoms with E-state index in [0.717, 1.165) is 29.0 Å². The smallest absolute Gasteiger partial charge is 0.335 e.